The van der Waals surface area contributed by atoms with E-state index in [0.717, 1.165) is 6.29 Å². The van der Waals surface area contributed by atoms with Crippen molar-refractivity contribution in [2.75, 3.05) is 20.4 Å². The third-order valence-electron chi connectivity index (χ3n) is 1.33. The molecule has 0 aliphatic heterocycles. The Morgan fingerprint density at radius 2 is 1.92 bits per heavy atom. The molecule has 0 N–H and O–H groups in total. The Morgan fingerprint density at radius 1 is 1.46 bits per heavy atom. The van der Waals surface area contributed by atoms with Crippen molar-refractivity contribution in [2.24, 2.45) is 0 Å². The smallest absolute Gasteiger partial charge is 0.223 e. The van der Waals surface area contributed by atoms with Crippen molar-refractivity contribution >= 4 is 24.0 Å². The lowest BCUT2D eigenvalue weighted by Gasteiger charge is -2.12. The summed E-state index contributed by atoms with van der Waals surface area (Å²) in [6, 6.07) is 0. The molecule has 13 heavy (non-hydrogen) atoms. The van der Waals surface area contributed by atoms with Gasteiger partial charge in [0.1, 0.15) is 6.29 Å². The van der Waals surface area contributed by atoms with E-state index in [1.807, 2.05) is 20.1 Å². The Kier molecular flexibility index (Phi) is 11.0. The quantitative estimate of drug-likeness (QED) is 0.651. The van der Waals surface area contributed by atoms with Gasteiger partial charge in [-0.25, -0.2) is 0 Å². The van der Waals surface area contributed by atoms with Gasteiger partial charge in [-0.3, -0.25) is 4.79 Å². The van der Waals surface area contributed by atoms with Gasteiger partial charge in [0.15, 0.2) is 0 Å². The van der Waals surface area contributed by atoms with E-state index in [0.29, 0.717) is 6.42 Å². The molecular weight excluding hydrogens is 186 g/mol. The van der Waals surface area contributed by atoms with Gasteiger partial charge in [0, 0.05) is 20.5 Å². The first-order chi connectivity index (χ1) is 6.11. The number of carbonyl (C=O) groups is 2. The second kappa shape index (κ2) is 9.58. The molecule has 0 bridgehead atoms. The Hall–Kier alpha value is -0.510. The number of thioether (sulfide) groups is 1. The van der Waals surface area contributed by atoms with E-state index in [1.165, 1.54) is 16.7 Å². The molecule has 0 aromatic rings. The van der Waals surface area contributed by atoms with Crippen LogP contribution < -0.4 is 0 Å². The van der Waals surface area contributed by atoms with Gasteiger partial charge >= 0.3 is 0 Å². The van der Waals surface area contributed by atoms with E-state index in [-0.39, 0.29) is 11.2 Å². The molecule has 0 saturated heterocycles. The standard InChI is InChI=1S/C7H13NO2S.C2H6/c1-8(2)7(10)4-6(5-9)11-3;1-2/h5-6H,4H2,1-3H3;1-2H3. The van der Waals surface area contributed by atoms with E-state index in [4.69, 9.17) is 0 Å². The van der Waals surface area contributed by atoms with Crippen molar-refractivity contribution in [3.05, 3.63) is 0 Å². The summed E-state index contributed by atoms with van der Waals surface area (Å²) in [5.74, 6) is -0.00329. The van der Waals surface area contributed by atoms with E-state index in [2.05, 4.69) is 0 Å². The van der Waals surface area contributed by atoms with Gasteiger partial charge in [-0.1, -0.05) is 13.8 Å². The Bertz CT molecular complexity index is 149. The van der Waals surface area contributed by atoms with Crippen LogP contribution in [0.25, 0.3) is 0 Å². The number of aldehydes is 1. The van der Waals surface area contributed by atoms with E-state index < -0.39 is 0 Å². The minimum absolute atomic E-state index is 0.00329. The lowest BCUT2D eigenvalue weighted by Crippen LogP contribution is -2.25. The summed E-state index contributed by atoms with van der Waals surface area (Å²) in [6.45, 7) is 4.00. The number of hydrogen-bond acceptors (Lipinski definition) is 3. The molecule has 0 aliphatic carbocycles. The summed E-state index contributed by atoms with van der Waals surface area (Å²) >= 11 is 1.40. The molecule has 3 nitrogen and oxygen atoms in total. The third-order valence-corrected chi connectivity index (χ3v) is 2.21. The largest absolute Gasteiger partial charge is 0.349 e. The number of carbonyl (C=O) groups excluding carboxylic acids is 2. The number of hydrogen-bond donors (Lipinski definition) is 0. The maximum Gasteiger partial charge on any atom is 0.223 e. The van der Waals surface area contributed by atoms with Gasteiger partial charge in [-0.05, 0) is 6.26 Å². The van der Waals surface area contributed by atoms with Crippen LogP contribution in [-0.4, -0.2) is 42.7 Å². The Balaban J connectivity index is 0. The summed E-state index contributed by atoms with van der Waals surface area (Å²) in [6.07, 6.45) is 2.94. The van der Waals surface area contributed by atoms with Crippen LogP contribution in [0.15, 0.2) is 0 Å². The van der Waals surface area contributed by atoms with Gasteiger partial charge in [0.05, 0.1) is 5.25 Å². The van der Waals surface area contributed by atoms with Crippen LogP contribution in [0.3, 0.4) is 0 Å². The maximum atomic E-state index is 11.0. The Morgan fingerprint density at radius 3 is 2.15 bits per heavy atom. The fourth-order valence-electron chi connectivity index (χ4n) is 0.542. The van der Waals surface area contributed by atoms with Crippen LogP contribution in [0.2, 0.25) is 0 Å². The highest BCUT2D eigenvalue weighted by Crippen LogP contribution is 2.08. The highest BCUT2D eigenvalue weighted by atomic mass is 32.2. The summed E-state index contributed by atoms with van der Waals surface area (Å²) in [5.41, 5.74) is 0. The van der Waals surface area contributed by atoms with Gasteiger partial charge < -0.3 is 9.69 Å². The molecule has 1 unspecified atom stereocenters. The lowest BCUT2D eigenvalue weighted by atomic mass is 10.3. The number of rotatable bonds is 4. The molecule has 4 heteroatoms. The SMILES string of the molecule is CC.CSC(C=O)CC(=O)N(C)C. The number of nitrogens with zero attached hydrogens (tertiary/aromatic N) is 1. The molecule has 0 aromatic heterocycles. The molecule has 1 atom stereocenters. The highest BCUT2D eigenvalue weighted by molar-refractivity contribution is 7.99. The average Bonchev–Trinajstić information content (AvgIpc) is 2.16. The third kappa shape index (κ3) is 7.84. The molecule has 0 aliphatic rings. The van der Waals surface area contributed by atoms with Crippen molar-refractivity contribution in [3.63, 3.8) is 0 Å². The average molecular weight is 205 g/mol. The molecule has 0 fully saturated rings. The molecular formula is C9H19NO2S. The zero-order valence-electron chi connectivity index (χ0n) is 9.03. The predicted molar refractivity (Wildman–Crippen MR) is 58.0 cm³/mol. The van der Waals surface area contributed by atoms with E-state index >= 15 is 0 Å². The first-order valence-electron chi connectivity index (χ1n) is 4.30. The highest BCUT2D eigenvalue weighted by Gasteiger charge is 2.12. The van der Waals surface area contributed by atoms with Crippen LogP contribution in [0, 0.1) is 0 Å². The van der Waals surface area contributed by atoms with Crippen molar-refractivity contribution in [2.45, 2.75) is 25.5 Å². The molecule has 0 aromatic carbocycles. The van der Waals surface area contributed by atoms with Crippen LogP contribution in [0.1, 0.15) is 20.3 Å². The predicted octanol–water partition coefficient (Wildman–Crippen LogP) is 1.42. The summed E-state index contributed by atoms with van der Waals surface area (Å²) < 4.78 is 0. The molecule has 0 radical (unpaired) electrons. The van der Waals surface area contributed by atoms with Crippen molar-refractivity contribution in [3.8, 4) is 0 Å². The van der Waals surface area contributed by atoms with Gasteiger partial charge in [-0.15, -0.1) is 0 Å². The van der Waals surface area contributed by atoms with Crippen molar-refractivity contribution in [1.82, 2.24) is 4.90 Å². The molecule has 0 spiro atoms. The van der Waals surface area contributed by atoms with Crippen LogP contribution in [0.4, 0.5) is 0 Å². The molecule has 0 saturated carbocycles. The van der Waals surface area contributed by atoms with Gasteiger partial charge in [-0.2, -0.15) is 11.8 Å². The van der Waals surface area contributed by atoms with Crippen LogP contribution in [0.5, 0.6) is 0 Å². The van der Waals surface area contributed by atoms with Crippen LogP contribution >= 0.6 is 11.8 Å². The summed E-state index contributed by atoms with van der Waals surface area (Å²) in [5, 5.41) is -0.190. The van der Waals surface area contributed by atoms with E-state index in [9.17, 15) is 9.59 Å². The topological polar surface area (TPSA) is 37.4 Å². The molecule has 0 rings (SSSR count). The molecule has 78 valence electrons. The molecule has 1 amide bonds. The summed E-state index contributed by atoms with van der Waals surface area (Å²) in [7, 11) is 3.37. The van der Waals surface area contributed by atoms with Crippen molar-refractivity contribution < 1.29 is 9.59 Å². The van der Waals surface area contributed by atoms with Crippen molar-refractivity contribution in [1.29, 1.82) is 0 Å². The van der Waals surface area contributed by atoms with E-state index in [1.54, 1.807) is 14.1 Å². The maximum absolute atomic E-state index is 11.0. The van der Waals surface area contributed by atoms with Gasteiger partial charge in [0.25, 0.3) is 0 Å². The first kappa shape index (κ1) is 15.0. The zero-order chi connectivity index (χ0) is 10.9. The summed E-state index contributed by atoms with van der Waals surface area (Å²) in [4.78, 5) is 22.8. The minimum atomic E-state index is -0.190. The first-order valence-corrected chi connectivity index (χ1v) is 5.58. The molecule has 0 heterocycles. The second-order valence-electron chi connectivity index (χ2n) is 2.40. The van der Waals surface area contributed by atoms with Crippen LogP contribution in [-0.2, 0) is 9.59 Å². The fraction of sp³-hybridized carbons (Fsp3) is 0.778. The normalized spacial score (nSPS) is 10.8. The Labute approximate surface area is 84.9 Å². The second-order valence-corrected chi connectivity index (χ2v) is 3.48. The zero-order valence-corrected chi connectivity index (χ0v) is 9.85. The van der Waals surface area contributed by atoms with Gasteiger partial charge in [0.2, 0.25) is 5.91 Å². The fourth-order valence-corrected chi connectivity index (χ4v) is 0.962. The minimum Gasteiger partial charge on any atom is -0.349 e. The number of amides is 1. The lowest BCUT2D eigenvalue weighted by molar-refractivity contribution is -0.129. The monoisotopic (exact) mass is 205 g/mol.